The highest BCUT2D eigenvalue weighted by atomic mass is 16.5. The van der Waals surface area contributed by atoms with Gasteiger partial charge in [-0.25, -0.2) is 4.79 Å². The number of anilines is 1. The number of pyridine rings is 1. The van der Waals surface area contributed by atoms with E-state index >= 15 is 0 Å². The summed E-state index contributed by atoms with van der Waals surface area (Å²) < 4.78 is 6.11. The number of benzene rings is 1. The zero-order valence-electron chi connectivity index (χ0n) is 17.3. The lowest BCUT2D eigenvalue weighted by molar-refractivity contribution is 0.110. The van der Waals surface area contributed by atoms with E-state index in [0.717, 1.165) is 50.2 Å². The molecule has 154 valence electrons. The standard InChI is InChI=1S/C23H30N4O2/c1-17-15-24-11-7-22(17)29-20-9-12-26(13-10-20)23(28)25-16-18(2)27-14-8-19-5-3-4-6-21(19)27/h3-7,11,15,18,20H,8-10,12-14,16H2,1-2H3,(H,25,28). The van der Waals surface area contributed by atoms with E-state index in [9.17, 15) is 4.79 Å². The van der Waals surface area contributed by atoms with Gasteiger partial charge in [-0.05, 0) is 38.0 Å². The molecule has 2 amide bonds. The van der Waals surface area contributed by atoms with Crippen molar-refractivity contribution in [3.8, 4) is 5.75 Å². The van der Waals surface area contributed by atoms with Crippen LogP contribution in [0.4, 0.5) is 10.5 Å². The van der Waals surface area contributed by atoms with Gasteiger partial charge in [-0.3, -0.25) is 4.98 Å². The summed E-state index contributed by atoms with van der Waals surface area (Å²) in [5.41, 5.74) is 3.75. The Morgan fingerprint density at radius 1 is 1.24 bits per heavy atom. The summed E-state index contributed by atoms with van der Waals surface area (Å²) in [6.07, 6.45) is 6.51. The number of ether oxygens (including phenoxy) is 1. The number of nitrogens with one attached hydrogen (secondary N) is 1. The molecule has 6 heteroatoms. The Balaban J connectivity index is 1.23. The van der Waals surface area contributed by atoms with E-state index in [1.807, 2.05) is 24.1 Å². The average molecular weight is 395 g/mol. The number of nitrogens with zero attached hydrogens (tertiary/aromatic N) is 3. The monoisotopic (exact) mass is 394 g/mol. The largest absolute Gasteiger partial charge is 0.490 e. The lowest BCUT2D eigenvalue weighted by atomic mass is 10.1. The first-order valence-corrected chi connectivity index (χ1v) is 10.6. The van der Waals surface area contributed by atoms with E-state index in [1.165, 1.54) is 11.3 Å². The van der Waals surface area contributed by atoms with Crippen LogP contribution in [-0.2, 0) is 6.42 Å². The Morgan fingerprint density at radius 2 is 2.03 bits per heavy atom. The molecule has 1 unspecified atom stereocenters. The maximum Gasteiger partial charge on any atom is 0.317 e. The first-order valence-electron chi connectivity index (χ1n) is 10.6. The van der Waals surface area contributed by atoms with E-state index < -0.39 is 0 Å². The molecule has 1 fully saturated rings. The Morgan fingerprint density at radius 3 is 2.83 bits per heavy atom. The summed E-state index contributed by atoms with van der Waals surface area (Å²) in [7, 11) is 0. The van der Waals surface area contributed by atoms with Gasteiger partial charge in [0.15, 0.2) is 0 Å². The van der Waals surface area contributed by atoms with Gasteiger partial charge in [-0.1, -0.05) is 18.2 Å². The number of amides is 2. The summed E-state index contributed by atoms with van der Waals surface area (Å²) in [6.45, 7) is 7.31. The first-order chi connectivity index (χ1) is 14.1. The molecule has 1 N–H and O–H groups in total. The second-order valence-electron chi connectivity index (χ2n) is 8.05. The molecule has 0 radical (unpaired) electrons. The van der Waals surface area contributed by atoms with E-state index in [-0.39, 0.29) is 18.2 Å². The molecule has 4 rings (SSSR count). The zero-order chi connectivity index (χ0) is 20.2. The normalized spacial score (nSPS) is 17.7. The van der Waals surface area contributed by atoms with E-state index in [1.54, 1.807) is 6.20 Å². The highest BCUT2D eigenvalue weighted by Crippen LogP contribution is 2.29. The summed E-state index contributed by atoms with van der Waals surface area (Å²) in [6, 6.07) is 10.8. The van der Waals surface area contributed by atoms with Gasteiger partial charge in [0, 0.05) is 68.7 Å². The Kier molecular flexibility index (Phi) is 5.88. The molecule has 2 aromatic rings. The van der Waals surface area contributed by atoms with Crippen LogP contribution in [0.1, 0.15) is 30.9 Å². The van der Waals surface area contributed by atoms with Crippen LogP contribution in [0.25, 0.3) is 0 Å². The lowest BCUT2D eigenvalue weighted by Gasteiger charge is -2.33. The molecular weight excluding hydrogens is 364 g/mol. The van der Waals surface area contributed by atoms with Crippen LogP contribution in [0, 0.1) is 6.92 Å². The maximum absolute atomic E-state index is 12.6. The molecule has 0 saturated carbocycles. The predicted octanol–water partition coefficient (Wildman–Crippen LogP) is 3.39. The van der Waals surface area contributed by atoms with Crippen molar-refractivity contribution in [3.05, 3.63) is 53.9 Å². The molecular formula is C23H30N4O2. The number of aromatic nitrogens is 1. The zero-order valence-corrected chi connectivity index (χ0v) is 17.3. The molecule has 0 bridgehead atoms. The fourth-order valence-electron chi connectivity index (χ4n) is 4.23. The van der Waals surface area contributed by atoms with E-state index in [0.29, 0.717) is 6.54 Å². The van der Waals surface area contributed by atoms with Gasteiger partial charge < -0.3 is 19.9 Å². The van der Waals surface area contributed by atoms with E-state index in [2.05, 4.69) is 46.4 Å². The Labute approximate surface area is 172 Å². The molecule has 0 spiro atoms. The Bertz CT molecular complexity index is 848. The summed E-state index contributed by atoms with van der Waals surface area (Å²) in [5, 5.41) is 3.13. The third-order valence-corrected chi connectivity index (χ3v) is 6.00. The van der Waals surface area contributed by atoms with Crippen LogP contribution < -0.4 is 15.0 Å². The third-order valence-electron chi connectivity index (χ3n) is 6.00. The number of hydrogen-bond acceptors (Lipinski definition) is 4. The number of carbonyl (C=O) groups excluding carboxylic acids is 1. The van der Waals surface area contributed by atoms with Gasteiger partial charge in [0.1, 0.15) is 11.9 Å². The van der Waals surface area contributed by atoms with Gasteiger partial charge in [-0.15, -0.1) is 0 Å². The fraction of sp³-hybridized carbons (Fsp3) is 0.478. The summed E-state index contributed by atoms with van der Waals surface area (Å²) >= 11 is 0. The Hall–Kier alpha value is -2.76. The van der Waals surface area contributed by atoms with Crippen molar-refractivity contribution in [3.63, 3.8) is 0 Å². The number of para-hydroxylation sites is 1. The number of piperidine rings is 1. The highest BCUT2D eigenvalue weighted by Gasteiger charge is 2.26. The van der Waals surface area contributed by atoms with Crippen molar-refractivity contribution in [2.75, 3.05) is 31.1 Å². The summed E-state index contributed by atoms with van der Waals surface area (Å²) in [4.78, 5) is 21.0. The van der Waals surface area contributed by atoms with Crippen molar-refractivity contribution in [1.82, 2.24) is 15.2 Å². The number of aryl methyl sites for hydroxylation is 1. The molecule has 1 aromatic carbocycles. The van der Waals surface area contributed by atoms with Crippen LogP contribution >= 0.6 is 0 Å². The van der Waals surface area contributed by atoms with Crippen LogP contribution in [-0.4, -0.2) is 54.2 Å². The number of urea groups is 1. The highest BCUT2D eigenvalue weighted by molar-refractivity contribution is 5.74. The van der Waals surface area contributed by atoms with Crippen molar-refractivity contribution in [2.45, 2.75) is 45.3 Å². The molecule has 6 nitrogen and oxygen atoms in total. The fourth-order valence-corrected chi connectivity index (χ4v) is 4.23. The molecule has 2 aliphatic rings. The van der Waals surface area contributed by atoms with Crippen LogP contribution in [0.2, 0.25) is 0 Å². The second kappa shape index (κ2) is 8.72. The minimum Gasteiger partial charge on any atom is -0.490 e. The number of hydrogen-bond donors (Lipinski definition) is 1. The van der Waals surface area contributed by atoms with Gasteiger partial charge in [0.25, 0.3) is 0 Å². The van der Waals surface area contributed by atoms with Gasteiger partial charge in [0.05, 0.1) is 0 Å². The van der Waals surface area contributed by atoms with Gasteiger partial charge in [0.2, 0.25) is 0 Å². The minimum atomic E-state index is 0.0304. The van der Waals surface area contributed by atoms with Gasteiger partial charge >= 0.3 is 6.03 Å². The topological polar surface area (TPSA) is 57.7 Å². The molecule has 29 heavy (non-hydrogen) atoms. The quantitative estimate of drug-likeness (QED) is 0.845. The first kappa shape index (κ1) is 19.6. The van der Waals surface area contributed by atoms with Crippen LogP contribution in [0.3, 0.4) is 0 Å². The van der Waals surface area contributed by atoms with Crippen molar-refractivity contribution < 1.29 is 9.53 Å². The van der Waals surface area contributed by atoms with Crippen molar-refractivity contribution in [2.24, 2.45) is 0 Å². The minimum absolute atomic E-state index is 0.0304. The number of rotatable bonds is 5. The lowest BCUT2D eigenvalue weighted by Crippen LogP contribution is -2.49. The number of likely N-dealkylation sites (tertiary alicyclic amines) is 1. The SMILES string of the molecule is Cc1cnccc1OC1CCN(C(=O)NCC(C)N2CCc3ccccc32)CC1. The molecule has 2 aliphatic heterocycles. The smallest absolute Gasteiger partial charge is 0.317 e. The molecule has 3 heterocycles. The molecule has 0 aliphatic carbocycles. The number of carbonyl (C=O) groups is 1. The van der Waals surface area contributed by atoms with Crippen LogP contribution in [0.15, 0.2) is 42.7 Å². The number of fused-ring (bicyclic) bond motifs is 1. The second-order valence-corrected chi connectivity index (χ2v) is 8.05. The van der Waals surface area contributed by atoms with Crippen molar-refractivity contribution in [1.29, 1.82) is 0 Å². The molecule has 1 saturated heterocycles. The van der Waals surface area contributed by atoms with Gasteiger partial charge in [-0.2, -0.15) is 0 Å². The third kappa shape index (κ3) is 4.47. The van der Waals surface area contributed by atoms with Crippen molar-refractivity contribution >= 4 is 11.7 Å². The molecule has 1 aromatic heterocycles. The predicted molar refractivity (Wildman–Crippen MR) is 115 cm³/mol. The summed E-state index contributed by atoms with van der Waals surface area (Å²) in [5.74, 6) is 0.891. The van der Waals surface area contributed by atoms with E-state index in [4.69, 9.17) is 4.74 Å². The molecule has 1 atom stereocenters. The van der Waals surface area contributed by atoms with Crippen LogP contribution in [0.5, 0.6) is 5.75 Å². The average Bonchev–Trinajstić information content (AvgIpc) is 3.18. The maximum atomic E-state index is 12.6.